The third-order valence-electron chi connectivity index (χ3n) is 20.2. The highest BCUT2D eigenvalue weighted by molar-refractivity contribution is 14.1. The number of nitrogens with one attached hydrogen (secondary N) is 3. The number of rotatable bonds is 13. The Hall–Kier alpha value is -12.5. The van der Waals surface area contributed by atoms with Crippen LogP contribution in [-0.4, -0.2) is 222 Å². The molecule has 4 aliphatic heterocycles. The van der Waals surface area contributed by atoms with Gasteiger partial charge in [-0.3, -0.25) is 29.8 Å². The quantitative estimate of drug-likeness (QED) is 0.0294. The summed E-state index contributed by atoms with van der Waals surface area (Å²) in [6.07, 6.45) is 20.9. The van der Waals surface area contributed by atoms with Gasteiger partial charge in [0.25, 0.3) is 0 Å². The molecule has 4 fully saturated rings. The van der Waals surface area contributed by atoms with Gasteiger partial charge in [0, 0.05) is 69.3 Å². The van der Waals surface area contributed by atoms with Gasteiger partial charge in [0.2, 0.25) is 11.1 Å². The summed E-state index contributed by atoms with van der Waals surface area (Å²) in [7, 11) is 0. The molecule has 18 rings (SSSR count). The van der Waals surface area contributed by atoms with Crippen molar-refractivity contribution in [3.63, 3.8) is 0 Å². The first-order valence-electron chi connectivity index (χ1n) is 41.2. The van der Waals surface area contributed by atoms with Crippen LogP contribution in [-0.2, 0) is 32.3 Å². The molecule has 4 atom stereocenters. The number of amides is 3. The van der Waals surface area contributed by atoms with Crippen molar-refractivity contribution in [3.05, 3.63) is 177 Å². The van der Waals surface area contributed by atoms with E-state index in [9.17, 15) is 24.3 Å². The lowest BCUT2D eigenvalue weighted by molar-refractivity contribution is -0.127. The number of ether oxygens (including phenoxy) is 4. The fourth-order valence-corrected chi connectivity index (χ4v) is 16.0. The number of nitrogens with zero attached hydrogens (tertiary/aromatic N) is 23. The topological polar surface area (TPSA) is 543 Å². The standard InChI is InChI=1S/C25H24ClN7O2.C22H22ClN7O.C15H21IN6O2.C10H19NO3.C5H4IN5.C5H5N5.C3H3ClO/c1-2-21(34)32-11-5-7-18(13-32)33-25-22(24(27)29-15-30-25)23(31-33)16-8-9-20(19(26)12-16)35-14-17-6-3-4-10-28-17;23-17-10-14(6-7-18(17)31-12-15-4-1-2-9-26-15)20-19-21(24)27-13-28-22(19)30(29-20)16-5-3-8-25-11-16;1-15(2,3)24-14(23)21-6-4-5-9(7-21)22-13-10(11(16)20-22)12(17)18-8-19-13;1-10(2,3)14-9(13)11-6-4-5-8(12)7-11;6-3-2-4(7)8-1-9-5(2)11-10-3;6-4-3-1-9-10-5(3)8-2-7-4;1-2-3(4)5/h2-4,6,8-10,12,15,18H,1,5,7,11,13-14H2,(H2,27,29,30);1-2,4,6-7,9-10,13,16,25H,3,5,8,11-12H2,(H2,24,27,28);8-9H,4-7H2,1-3H3,(H2,17,18,19);8,12H,4-7H2,1-3H3;1H,(H3,7,8,9,10,11);1-2H,(H3,6,7,8,9,10);2H,1H2/t18-;16-;9-;8-;;;/m1110.../s1. The van der Waals surface area contributed by atoms with Crippen LogP contribution in [0.15, 0.2) is 148 Å². The zero-order chi connectivity index (χ0) is 92.9. The summed E-state index contributed by atoms with van der Waals surface area (Å²) < 4.78 is 29.7. The molecule has 16 heterocycles. The van der Waals surface area contributed by atoms with Crippen LogP contribution in [0.4, 0.5) is 38.7 Å². The number of piperidine rings is 4. The number of hydrogen-bond acceptors (Lipinski definition) is 32. The van der Waals surface area contributed by atoms with Crippen LogP contribution in [0.5, 0.6) is 11.5 Å². The smallest absolute Gasteiger partial charge is 0.410 e. The second-order valence-corrected chi connectivity index (χ2v) is 35.1. The van der Waals surface area contributed by atoms with E-state index in [-0.39, 0.29) is 36.2 Å². The van der Waals surface area contributed by atoms with Crippen molar-refractivity contribution < 1.29 is 43.2 Å². The number of nitrogen functional groups attached to an aromatic ring is 5. The molecule has 14 N–H and O–H groups in total. The molecule has 0 aliphatic carbocycles. The molecule has 45 heteroatoms. The van der Waals surface area contributed by atoms with Gasteiger partial charge in [0.15, 0.2) is 28.2 Å². The fourth-order valence-electron chi connectivity index (χ4n) is 14.2. The van der Waals surface area contributed by atoms with Crippen LogP contribution in [0.2, 0.25) is 10.0 Å². The first-order valence-corrected chi connectivity index (χ1v) is 44.5. The molecule has 0 saturated carbocycles. The Morgan fingerprint density at radius 3 is 1.48 bits per heavy atom. The summed E-state index contributed by atoms with van der Waals surface area (Å²) in [5, 5.41) is 44.4. The summed E-state index contributed by atoms with van der Waals surface area (Å²) in [6.45, 7) is 23.9. The molecular formula is C85H98Cl3I2N31O9. The van der Waals surface area contributed by atoms with E-state index in [4.69, 9.17) is 92.6 Å². The van der Waals surface area contributed by atoms with Crippen LogP contribution < -0.4 is 43.5 Å². The number of anilines is 5. The molecule has 4 aliphatic rings. The number of carbonyl (C=O) groups excluding carboxylic acids is 4. The van der Waals surface area contributed by atoms with Gasteiger partial charge in [-0.25, -0.2) is 73.5 Å². The van der Waals surface area contributed by atoms with E-state index < -0.39 is 22.5 Å². The van der Waals surface area contributed by atoms with Crippen LogP contribution in [0.1, 0.15) is 122 Å². The third kappa shape index (κ3) is 25.3. The second-order valence-electron chi connectivity index (χ2n) is 31.8. The van der Waals surface area contributed by atoms with Crippen molar-refractivity contribution in [2.45, 2.75) is 142 Å². The Bertz CT molecular complexity index is 6270. The van der Waals surface area contributed by atoms with E-state index in [1.165, 1.54) is 37.7 Å². The molecule has 0 unspecified atom stereocenters. The highest BCUT2D eigenvalue weighted by Crippen LogP contribution is 2.40. The monoisotopic (exact) mass is 2060 g/mol. The minimum absolute atomic E-state index is 0.0466. The number of aliphatic hydroxyl groups is 1. The van der Waals surface area contributed by atoms with Crippen molar-refractivity contribution in [3.8, 4) is 34.0 Å². The first kappa shape index (κ1) is 96.6. The highest BCUT2D eigenvalue weighted by Gasteiger charge is 2.34. The maximum absolute atomic E-state index is 12.3. The third-order valence-corrected chi connectivity index (χ3v) is 22.5. The fraction of sp³-hybridized carbons (Fsp3) is 0.353. The number of nitrogens with two attached hydrogens (primary N) is 5. The lowest BCUT2D eigenvalue weighted by Crippen LogP contribution is -2.44. The minimum atomic E-state index is -0.509. The predicted octanol–water partition coefficient (Wildman–Crippen LogP) is 13.1. The van der Waals surface area contributed by atoms with Crippen molar-refractivity contribution in [1.29, 1.82) is 0 Å². The lowest BCUT2D eigenvalue weighted by atomic mass is 10.1. The maximum Gasteiger partial charge on any atom is 0.410 e. The summed E-state index contributed by atoms with van der Waals surface area (Å²) >= 11 is 22.1. The van der Waals surface area contributed by atoms with Gasteiger partial charge < -0.3 is 72.7 Å². The van der Waals surface area contributed by atoms with Crippen molar-refractivity contribution in [1.82, 2.24) is 130 Å². The van der Waals surface area contributed by atoms with Crippen LogP contribution in [0.25, 0.3) is 77.7 Å². The minimum Gasteiger partial charge on any atom is -0.486 e. The second kappa shape index (κ2) is 44.7. The van der Waals surface area contributed by atoms with Gasteiger partial charge in [0.05, 0.1) is 78.8 Å². The molecule has 0 bridgehead atoms. The number of β-amino-alcohol motifs (C(OH)–C–C–N with tert-alkyl or cyclic N) is 1. The van der Waals surface area contributed by atoms with Crippen molar-refractivity contribution >= 4 is 188 Å². The predicted molar refractivity (Wildman–Crippen MR) is 511 cm³/mol. The zero-order valence-corrected chi connectivity index (χ0v) is 78.5. The summed E-state index contributed by atoms with van der Waals surface area (Å²) in [4.78, 5) is 100. The average molecular weight is 2060 g/mol. The number of carbonyl (C=O) groups is 4. The van der Waals surface area contributed by atoms with Crippen LogP contribution in [0.3, 0.4) is 0 Å². The summed E-state index contributed by atoms with van der Waals surface area (Å²) in [5.74, 6) is 3.12. The molecule has 0 spiro atoms. The van der Waals surface area contributed by atoms with Crippen molar-refractivity contribution in [2.24, 2.45) is 0 Å². The summed E-state index contributed by atoms with van der Waals surface area (Å²) in [6, 6.07) is 22.7. The number of fused-ring (bicyclic) bond motifs is 5. The normalized spacial score (nSPS) is 16.1. The van der Waals surface area contributed by atoms with E-state index in [2.05, 4.69) is 149 Å². The Balaban J connectivity index is 0.000000147. The molecule has 14 aromatic rings. The molecule has 12 aromatic heterocycles. The molecule has 40 nitrogen and oxygen atoms in total. The lowest BCUT2D eigenvalue weighted by Gasteiger charge is -2.34. The maximum atomic E-state index is 12.3. The number of pyridine rings is 2. The average Bonchev–Trinajstić information content (AvgIpc) is 1.62. The molecule has 130 heavy (non-hydrogen) atoms. The number of allylic oxidation sites excluding steroid dienone is 1. The largest absolute Gasteiger partial charge is 0.486 e. The molecule has 2 aromatic carbocycles. The Morgan fingerprint density at radius 2 is 1.00 bits per heavy atom. The van der Waals surface area contributed by atoms with Gasteiger partial charge in [0.1, 0.15) is 115 Å². The van der Waals surface area contributed by atoms with E-state index in [0.717, 1.165) is 133 Å². The molecule has 4 saturated heterocycles. The number of hydrogen-bond donors (Lipinski definition) is 9. The van der Waals surface area contributed by atoms with E-state index in [0.29, 0.717) is 137 Å². The Labute approximate surface area is 788 Å². The van der Waals surface area contributed by atoms with Crippen molar-refractivity contribution in [2.75, 3.05) is 81.0 Å². The van der Waals surface area contributed by atoms with E-state index in [1.54, 1.807) is 45.4 Å². The number of aromatic amines is 2. The van der Waals surface area contributed by atoms with E-state index >= 15 is 0 Å². The van der Waals surface area contributed by atoms with Crippen LogP contribution >= 0.6 is 80.0 Å². The number of likely N-dealkylation sites (tertiary alicyclic amines) is 3. The highest BCUT2D eigenvalue weighted by atomic mass is 127. The SMILES string of the molecule is C=CC(=O)Cl.C=CC(=O)N1CCC[C@@H](n2nc(-c3ccc(OCc4ccccn4)c(Cl)c3)c3c(N)ncnc32)C1.CC(C)(C)OC(=O)N1CCC[C@@H](n2nc(I)c3c(N)ncnc32)C1.CC(C)(C)OC(=O)N1CCC[C@H](O)C1.Nc1ncnc2[nH]ncc12.Nc1ncnc2c1c(-c1ccc(OCc3ccccn3)c(Cl)c1)nn2[C@@H]1CCCNC1.Nc1ncnc2n[nH]c(I)c12. The molecular weight excluding hydrogens is 1960 g/mol. The number of H-pyrrole nitrogens is 2. The number of aliphatic hydroxyl groups excluding tert-OH is 1. The number of halogens is 5. The van der Waals surface area contributed by atoms with Gasteiger partial charge in [-0.05, 0) is 229 Å². The molecule has 0 radical (unpaired) electrons. The Morgan fingerprint density at radius 1 is 0.538 bits per heavy atom. The molecule has 682 valence electrons. The van der Waals surface area contributed by atoms with E-state index in [1.807, 2.05) is 116 Å². The zero-order valence-electron chi connectivity index (χ0n) is 71.9. The van der Waals surface area contributed by atoms with Gasteiger partial charge in [-0.2, -0.15) is 25.5 Å². The van der Waals surface area contributed by atoms with Gasteiger partial charge in [-0.15, -0.1) is 0 Å². The van der Waals surface area contributed by atoms with Gasteiger partial charge >= 0.3 is 12.2 Å². The Kier molecular flexibility index (Phi) is 33.2. The molecule has 3 amide bonds. The summed E-state index contributed by atoms with van der Waals surface area (Å²) in [5.41, 5.74) is 36.5. The number of aromatic nitrogens is 22. The van der Waals surface area contributed by atoms with Crippen LogP contribution in [0, 0.1) is 7.40 Å². The van der Waals surface area contributed by atoms with Gasteiger partial charge in [-0.1, -0.05) is 48.5 Å². The number of benzene rings is 2. The first-order chi connectivity index (χ1) is 62.3.